The lowest BCUT2D eigenvalue weighted by atomic mass is 10.2. The summed E-state index contributed by atoms with van der Waals surface area (Å²) in [5, 5.41) is 3.86. The Morgan fingerprint density at radius 2 is 1.81 bits per heavy atom. The monoisotopic (exact) mass is 453 g/mol. The highest BCUT2D eigenvalue weighted by atomic mass is 79.9. The highest BCUT2D eigenvalue weighted by Crippen LogP contribution is 2.21. The van der Waals surface area contributed by atoms with Crippen molar-refractivity contribution in [2.45, 2.75) is 6.92 Å². The van der Waals surface area contributed by atoms with Crippen LogP contribution in [0.2, 0.25) is 0 Å². The number of carbonyl (C=O) groups is 1. The predicted octanol–water partition coefficient (Wildman–Crippen LogP) is 2.76. The fourth-order valence-electron chi connectivity index (χ4n) is 2.17. The second-order valence-electron chi connectivity index (χ2n) is 5.54. The molecule has 0 aromatic heterocycles. The molecule has 0 bridgehead atoms. The summed E-state index contributed by atoms with van der Waals surface area (Å²) >= 11 is 3.33. The van der Waals surface area contributed by atoms with Crippen LogP contribution < -0.4 is 14.5 Å². The molecule has 0 unspecified atom stereocenters. The number of carbonyl (C=O) groups excluding carboxylic acids is 1. The fourth-order valence-corrected chi connectivity index (χ4v) is 3.29. The van der Waals surface area contributed by atoms with Gasteiger partial charge in [-0.3, -0.25) is 9.10 Å². The number of benzene rings is 2. The van der Waals surface area contributed by atoms with E-state index in [4.69, 9.17) is 4.74 Å². The summed E-state index contributed by atoms with van der Waals surface area (Å²) in [7, 11) is -3.65. The highest BCUT2D eigenvalue weighted by Gasteiger charge is 2.20. The minimum absolute atomic E-state index is 0.369. The van der Waals surface area contributed by atoms with Gasteiger partial charge in [0.15, 0.2) is 0 Å². The van der Waals surface area contributed by atoms with Crippen LogP contribution in [-0.4, -0.2) is 39.9 Å². The third-order valence-corrected chi connectivity index (χ3v) is 5.07. The summed E-state index contributed by atoms with van der Waals surface area (Å²) in [4.78, 5) is 12.1. The molecule has 2 rings (SSSR count). The van der Waals surface area contributed by atoms with Crippen LogP contribution >= 0.6 is 15.9 Å². The van der Waals surface area contributed by atoms with Crippen molar-refractivity contribution in [1.82, 2.24) is 5.43 Å². The summed E-state index contributed by atoms with van der Waals surface area (Å²) < 4.78 is 31.4. The molecule has 0 spiro atoms. The number of sulfonamides is 1. The van der Waals surface area contributed by atoms with E-state index in [2.05, 4.69) is 26.5 Å². The number of hydrogen-bond acceptors (Lipinski definition) is 5. The Hall–Kier alpha value is -2.39. The Balaban J connectivity index is 2.05. The van der Waals surface area contributed by atoms with Gasteiger partial charge in [-0.05, 0) is 48.9 Å². The lowest BCUT2D eigenvalue weighted by Gasteiger charge is -2.21. The van der Waals surface area contributed by atoms with E-state index in [9.17, 15) is 13.2 Å². The third-order valence-electron chi connectivity index (χ3n) is 3.40. The van der Waals surface area contributed by atoms with Crippen LogP contribution in [0.4, 0.5) is 5.69 Å². The Labute approximate surface area is 167 Å². The second kappa shape index (κ2) is 9.52. The number of rotatable bonds is 8. The number of amides is 1. The van der Waals surface area contributed by atoms with Gasteiger partial charge in [0.05, 0.1) is 24.8 Å². The van der Waals surface area contributed by atoms with Gasteiger partial charge in [0, 0.05) is 4.47 Å². The largest absolute Gasteiger partial charge is 0.494 e. The van der Waals surface area contributed by atoms with E-state index >= 15 is 0 Å². The summed E-state index contributed by atoms with van der Waals surface area (Å²) in [5.41, 5.74) is 3.50. The zero-order chi connectivity index (χ0) is 19.9. The SMILES string of the molecule is CCOc1ccc(N(CC(=O)N/N=C\c2ccc(Br)cc2)S(C)(=O)=O)cc1. The number of anilines is 1. The number of nitrogens with zero attached hydrogens (tertiary/aromatic N) is 2. The number of hydrazone groups is 1. The third kappa shape index (κ3) is 6.69. The fraction of sp³-hybridized carbons (Fsp3) is 0.222. The van der Waals surface area contributed by atoms with Crippen LogP contribution in [0, 0.1) is 0 Å². The molecule has 0 aliphatic rings. The molecule has 1 amide bonds. The van der Waals surface area contributed by atoms with E-state index in [0.29, 0.717) is 18.0 Å². The van der Waals surface area contributed by atoms with Crippen molar-refractivity contribution >= 4 is 43.8 Å². The van der Waals surface area contributed by atoms with Gasteiger partial charge in [-0.25, -0.2) is 13.8 Å². The maximum Gasteiger partial charge on any atom is 0.260 e. The molecule has 0 heterocycles. The molecular formula is C18H20BrN3O4S. The Morgan fingerprint density at radius 1 is 1.19 bits per heavy atom. The van der Waals surface area contributed by atoms with E-state index in [1.165, 1.54) is 6.21 Å². The number of ether oxygens (including phenoxy) is 1. The van der Waals surface area contributed by atoms with E-state index in [1.54, 1.807) is 24.3 Å². The van der Waals surface area contributed by atoms with Gasteiger partial charge in [0.25, 0.3) is 5.91 Å². The van der Waals surface area contributed by atoms with Gasteiger partial charge in [0.2, 0.25) is 10.0 Å². The topological polar surface area (TPSA) is 88.1 Å². The van der Waals surface area contributed by atoms with Crippen molar-refractivity contribution in [3.63, 3.8) is 0 Å². The summed E-state index contributed by atoms with van der Waals surface area (Å²) in [6.45, 7) is 1.98. The van der Waals surface area contributed by atoms with Crippen molar-refractivity contribution in [3.05, 3.63) is 58.6 Å². The molecule has 0 radical (unpaired) electrons. The molecule has 0 saturated carbocycles. The van der Waals surface area contributed by atoms with Crippen LogP contribution in [-0.2, 0) is 14.8 Å². The van der Waals surface area contributed by atoms with E-state index in [-0.39, 0.29) is 6.54 Å². The molecule has 0 atom stereocenters. The van der Waals surface area contributed by atoms with Crippen LogP contribution in [0.3, 0.4) is 0 Å². The van der Waals surface area contributed by atoms with E-state index in [1.807, 2.05) is 31.2 Å². The molecule has 1 N–H and O–H groups in total. The first-order valence-electron chi connectivity index (χ1n) is 8.07. The standard InChI is InChI=1S/C18H20BrN3O4S/c1-3-26-17-10-8-16(9-11-17)22(27(2,24)25)13-18(23)21-20-12-14-4-6-15(19)7-5-14/h4-12H,3,13H2,1-2H3,(H,21,23)/b20-12-. The van der Waals surface area contributed by atoms with E-state index < -0.39 is 15.9 Å². The molecule has 0 saturated heterocycles. The normalized spacial score (nSPS) is 11.4. The Morgan fingerprint density at radius 3 is 2.37 bits per heavy atom. The first-order chi connectivity index (χ1) is 12.8. The lowest BCUT2D eigenvalue weighted by molar-refractivity contribution is -0.119. The van der Waals surface area contributed by atoms with Crippen molar-refractivity contribution < 1.29 is 17.9 Å². The van der Waals surface area contributed by atoms with Crippen LogP contribution in [0.5, 0.6) is 5.75 Å². The molecule has 27 heavy (non-hydrogen) atoms. The predicted molar refractivity (Wildman–Crippen MR) is 110 cm³/mol. The summed E-state index contributed by atoms with van der Waals surface area (Å²) in [6.07, 6.45) is 2.52. The minimum atomic E-state index is -3.65. The molecule has 0 fully saturated rings. The van der Waals surface area contributed by atoms with Gasteiger partial charge in [0.1, 0.15) is 12.3 Å². The zero-order valence-corrected chi connectivity index (χ0v) is 17.3. The molecule has 2 aromatic carbocycles. The second-order valence-corrected chi connectivity index (χ2v) is 8.36. The van der Waals surface area contributed by atoms with Crippen molar-refractivity contribution in [2.75, 3.05) is 23.7 Å². The van der Waals surface area contributed by atoms with Crippen molar-refractivity contribution in [2.24, 2.45) is 5.10 Å². The number of halogens is 1. The molecule has 9 heteroatoms. The first kappa shape index (κ1) is 20.9. The smallest absolute Gasteiger partial charge is 0.260 e. The van der Waals surface area contributed by atoms with Gasteiger partial charge in [-0.15, -0.1) is 0 Å². The molecule has 0 aliphatic carbocycles. The van der Waals surface area contributed by atoms with Gasteiger partial charge < -0.3 is 4.74 Å². The number of nitrogens with one attached hydrogen (secondary N) is 1. The van der Waals surface area contributed by atoms with Crippen molar-refractivity contribution in [3.8, 4) is 5.75 Å². The average Bonchev–Trinajstić information content (AvgIpc) is 2.62. The maximum absolute atomic E-state index is 12.1. The van der Waals surface area contributed by atoms with Crippen LogP contribution in [0.15, 0.2) is 58.1 Å². The minimum Gasteiger partial charge on any atom is -0.494 e. The van der Waals surface area contributed by atoms with Gasteiger partial charge in [-0.1, -0.05) is 28.1 Å². The molecule has 0 aliphatic heterocycles. The number of hydrogen-bond donors (Lipinski definition) is 1. The molecule has 7 nitrogen and oxygen atoms in total. The summed E-state index contributed by atoms with van der Waals surface area (Å²) in [6, 6.07) is 13.8. The Bertz CT molecular complexity index is 897. The van der Waals surface area contributed by atoms with Gasteiger partial charge in [-0.2, -0.15) is 5.10 Å². The van der Waals surface area contributed by atoms with Crippen LogP contribution in [0.25, 0.3) is 0 Å². The quantitative estimate of drug-likeness (QED) is 0.491. The first-order valence-corrected chi connectivity index (χ1v) is 10.7. The average molecular weight is 454 g/mol. The van der Waals surface area contributed by atoms with E-state index in [0.717, 1.165) is 20.6 Å². The maximum atomic E-state index is 12.1. The molecular weight excluding hydrogens is 434 g/mol. The Kier molecular flexibility index (Phi) is 7.37. The lowest BCUT2D eigenvalue weighted by Crippen LogP contribution is -2.39. The van der Waals surface area contributed by atoms with Crippen LogP contribution in [0.1, 0.15) is 12.5 Å². The summed E-state index contributed by atoms with van der Waals surface area (Å²) in [5.74, 6) is 0.0703. The highest BCUT2D eigenvalue weighted by molar-refractivity contribution is 9.10. The molecule has 144 valence electrons. The zero-order valence-electron chi connectivity index (χ0n) is 14.9. The molecule has 2 aromatic rings. The van der Waals surface area contributed by atoms with Crippen molar-refractivity contribution in [1.29, 1.82) is 0 Å². The van der Waals surface area contributed by atoms with Gasteiger partial charge >= 0.3 is 0 Å².